The van der Waals surface area contributed by atoms with Gasteiger partial charge in [-0.05, 0) is 0 Å². The van der Waals surface area contributed by atoms with Crippen molar-refractivity contribution in [3.63, 3.8) is 0 Å². The van der Waals surface area contributed by atoms with Crippen molar-refractivity contribution in [3.8, 4) is 0 Å². The van der Waals surface area contributed by atoms with Gasteiger partial charge in [0.2, 0.25) is 5.91 Å². The topological polar surface area (TPSA) is 130 Å². The molecule has 0 atom stereocenters. The van der Waals surface area contributed by atoms with Crippen LogP contribution in [0, 0.1) is 0 Å². The van der Waals surface area contributed by atoms with Crippen LogP contribution in [-0.4, -0.2) is 120 Å². The number of hydrogen-bond donors (Lipinski definition) is 1. The molecular formula is C20H35N3O8. The summed E-state index contributed by atoms with van der Waals surface area (Å²) in [5.41, 5.74) is 5.31. The van der Waals surface area contributed by atoms with Gasteiger partial charge in [0, 0.05) is 51.9 Å². The van der Waals surface area contributed by atoms with Gasteiger partial charge in [0.1, 0.15) is 0 Å². The number of carbonyl (C=O) groups excluding carboxylic acids is 3. The highest BCUT2D eigenvalue weighted by molar-refractivity contribution is 6.13. The molecule has 0 aliphatic carbocycles. The summed E-state index contributed by atoms with van der Waals surface area (Å²) in [5, 5.41) is 0. The van der Waals surface area contributed by atoms with Crippen LogP contribution in [0.4, 0.5) is 0 Å². The average molecular weight is 446 g/mol. The molecule has 0 radical (unpaired) electrons. The molecule has 0 aromatic heterocycles. The van der Waals surface area contributed by atoms with Gasteiger partial charge in [-0.25, -0.2) is 0 Å². The Kier molecular flexibility index (Phi) is 15.5. The zero-order chi connectivity index (χ0) is 22.7. The first-order chi connectivity index (χ1) is 15.1. The van der Waals surface area contributed by atoms with E-state index in [9.17, 15) is 14.4 Å². The highest BCUT2D eigenvalue weighted by atomic mass is 16.6. The lowest BCUT2D eigenvalue weighted by Crippen LogP contribution is -2.40. The summed E-state index contributed by atoms with van der Waals surface area (Å²) in [6.45, 7) is 5.37. The van der Waals surface area contributed by atoms with Crippen LogP contribution in [0.5, 0.6) is 0 Å². The standard InChI is InChI=1S/C20H35N3O8/c1-27-10-7-22(18(24)4-6-23-19(25)2-3-20(23)26)8-11-29-13-15-31-17-16-30-14-12-28-9-5-21/h2-3H,4-17,21H2,1H3. The number of methoxy groups -OCH3 is 1. The predicted molar refractivity (Wildman–Crippen MR) is 111 cm³/mol. The van der Waals surface area contributed by atoms with Crippen LogP contribution in [-0.2, 0) is 38.1 Å². The van der Waals surface area contributed by atoms with E-state index < -0.39 is 11.8 Å². The van der Waals surface area contributed by atoms with Crippen molar-refractivity contribution >= 4 is 17.7 Å². The van der Waals surface area contributed by atoms with Crippen molar-refractivity contribution in [1.29, 1.82) is 0 Å². The van der Waals surface area contributed by atoms with E-state index in [4.69, 9.17) is 29.4 Å². The molecule has 0 unspecified atom stereocenters. The molecule has 0 aromatic rings. The van der Waals surface area contributed by atoms with Crippen molar-refractivity contribution in [2.45, 2.75) is 6.42 Å². The highest BCUT2D eigenvalue weighted by Gasteiger charge is 2.24. The summed E-state index contributed by atoms with van der Waals surface area (Å²) >= 11 is 0. The summed E-state index contributed by atoms with van der Waals surface area (Å²) in [4.78, 5) is 38.3. The Bertz CT molecular complexity index is 541. The Morgan fingerprint density at radius 3 is 1.84 bits per heavy atom. The molecule has 1 aliphatic rings. The van der Waals surface area contributed by atoms with E-state index in [2.05, 4.69) is 0 Å². The third-order valence-corrected chi connectivity index (χ3v) is 4.25. The molecule has 0 bridgehead atoms. The predicted octanol–water partition coefficient (Wildman–Crippen LogP) is -1.20. The number of amides is 3. The van der Waals surface area contributed by atoms with Gasteiger partial charge in [0.25, 0.3) is 11.8 Å². The highest BCUT2D eigenvalue weighted by Crippen LogP contribution is 2.06. The van der Waals surface area contributed by atoms with Crippen molar-refractivity contribution in [2.24, 2.45) is 5.73 Å². The Labute approximate surface area is 183 Å². The van der Waals surface area contributed by atoms with Gasteiger partial charge in [-0.2, -0.15) is 0 Å². The second-order valence-electron chi connectivity index (χ2n) is 6.52. The van der Waals surface area contributed by atoms with Gasteiger partial charge in [-0.1, -0.05) is 0 Å². The zero-order valence-corrected chi connectivity index (χ0v) is 18.3. The largest absolute Gasteiger partial charge is 0.383 e. The lowest BCUT2D eigenvalue weighted by atomic mass is 10.3. The molecule has 31 heavy (non-hydrogen) atoms. The maximum Gasteiger partial charge on any atom is 0.253 e. The molecule has 11 nitrogen and oxygen atoms in total. The minimum Gasteiger partial charge on any atom is -0.383 e. The molecule has 0 aromatic carbocycles. The molecule has 1 rings (SSSR count). The van der Waals surface area contributed by atoms with E-state index in [0.29, 0.717) is 79.1 Å². The van der Waals surface area contributed by atoms with E-state index in [-0.39, 0.29) is 18.9 Å². The maximum atomic E-state index is 12.5. The SMILES string of the molecule is COCCN(CCOCCOCCOCCOCCN)C(=O)CCN1C(=O)C=CC1=O. The third kappa shape index (κ3) is 12.5. The number of nitrogens with zero attached hydrogens (tertiary/aromatic N) is 2. The van der Waals surface area contributed by atoms with Crippen molar-refractivity contribution < 1.29 is 38.1 Å². The number of nitrogens with two attached hydrogens (primary N) is 1. The molecule has 0 fully saturated rings. The molecule has 11 heteroatoms. The summed E-state index contributed by atoms with van der Waals surface area (Å²) in [6.07, 6.45) is 2.47. The van der Waals surface area contributed by atoms with Gasteiger partial charge < -0.3 is 34.3 Å². The van der Waals surface area contributed by atoms with Gasteiger partial charge in [-0.15, -0.1) is 0 Å². The Balaban J connectivity index is 2.10. The molecule has 0 spiro atoms. The Hall–Kier alpha value is -1.89. The second-order valence-corrected chi connectivity index (χ2v) is 6.52. The number of rotatable bonds is 20. The fraction of sp³-hybridized carbons (Fsp3) is 0.750. The first kappa shape index (κ1) is 27.1. The number of imide groups is 1. The van der Waals surface area contributed by atoms with E-state index in [1.165, 1.54) is 12.2 Å². The number of ether oxygens (including phenoxy) is 5. The van der Waals surface area contributed by atoms with Crippen LogP contribution in [0.25, 0.3) is 0 Å². The minimum absolute atomic E-state index is 0.0584. The lowest BCUT2D eigenvalue weighted by Gasteiger charge is -2.23. The molecule has 178 valence electrons. The molecular weight excluding hydrogens is 410 g/mol. The fourth-order valence-electron chi connectivity index (χ4n) is 2.60. The summed E-state index contributed by atoms with van der Waals surface area (Å²) in [6, 6.07) is 0. The van der Waals surface area contributed by atoms with Crippen LogP contribution >= 0.6 is 0 Å². The van der Waals surface area contributed by atoms with E-state index in [1.807, 2.05) is 0 Å². The first-order valence-electron chi connectivity index (χ1n) is 10.4. The lowest BCUT2D eigenvalue weighted by molar-refractivity contribution is -0.138. The van der Waals surface area contributed by atoms with E-state index in [0.717, 1.165) is 4.90 Å². The summed E-state index contributed by atoms with van der Waals surface area (Å²) in [7, 11) is 1.56. The van der Waals surface area contributed by atoms with Crippen LogP contribution in [0.2, 0.25) is 0 Å². The van der Waals surface area contributed by atoms with Gasteiger partial charge in [0.05, 0.1) is 59.5 Å². The molecule has 2 N–H and O–H groups in total. The smallest absolute Gasteiger partial charge is 0.253 e. The molecule has 3 amide bonds. The molecule has 0 saturated carbocycles. The Morgan fingerprint density at radius 2 is 1.32 bits per heavy atom. The van der Waals surface area contributed by atoms with Crippen LogP contribution in [0.15, 0.2) is 12.2 Å². The van der Waals surface area contributed by atoms with Gasteiger partial charge in [-0.3, -0.25) is 19.3 Å². The number of hydrogen-bond acceptors (Lipinski definition) is 9. The third-order valence-electron chi connectivity index (χ3n) is 4.25. The fourth-order valence-corrected chi connectivity index (χ4v) is 2.60. The van der Waals surface area contributed by atoms with Crippen LogP contribution < -0.4 is 5.73 Å². The summed E-state index contributed by atoms with van der Waals surface area (Å²) < 4.78 is 26.5. The second kappa shape index (κ2) is 17.8. The van der Waals surface area contributed by atoms with Crippen molar-refractivity contribution in [2.75, 3.05) is 92.8 Å². The normalized spacial score (nSPS) is 13.4. The van der Waals surface area contributed by atoms with Crippen LogP contribution in [0.1, 0.15) is 6.42 Å². The van der Waals surface area contributed by atoms with Gasteiger partial charge in [0.15, 0.2) is 0 Å². The van der Waals surface area contributed by atoms with Gasteiger partial charge >= 0.3 is 0 Å². The molecule has 1 aliphatic heterocycles. The summed E-state index contributed by atoms with van der Waals surface area (Å²) in [5.74, 6) is -0.957. The monoisotopic (exact) mass is 445 g/mol. The van der Waals surface area contributed by atoms with Crippen LogP contribution in [0.3, 0.4) is 0 Å². The average Bonchev–Trinajstić information content (AvgIpc) is 3.09. The maximum absolute atomic E-state index is 12.5. The minimum atomic E-state index is -0.394. The molecule has 0 saturated heterocycles. The van der Waals surface area contributed by atoms with Crippen molar-refractivity contribution in [1.82, 2.24) is 9.80 Å². The quantitative estimate of drug-likeness (QED) is 0.181. The van der Waals surface area contributed by atoms with Crippen molar-refractivity contribution in [3.05, 3.63) is 12.2 Å². The Morgan fingerprint density at radius 1 is 0.839 bits per heavy atom. The zero-order valence-electron chi connectivity index (χ0n) is 18.3. The molecule has 1 heterocycles. The number of carbonyl (C=O) groups is 3. The first-order valence-corrected chi connectivity index (χ1v) is 10.4. The van der Waals surface area contributed by atoms with E-state index >= 15 is 0 Å². The van der Waals surface area contributed by atoms with E-state index in [1.54, 1.807) is 12.0 Å².